The van der Waals surface area contributed by atoms with Gasteiger partial charge in [0, 0.05) is 31.2 Å². The molecular formula is C22H24F2N2O4. The average Bonchev–Trinajstić information content (AvgIpc) is 3.23. The molecule has 1 amide bonds. The summed E-state index contributed by atoms with van der Waals surface area (Å²) in [5, 5.41) is 5.70. The highest BCUT2D eigenvalue weighted by Crippen LogP contribution is 2.40. The predicted octanol–water partition coefficient (Wildman–Crippen LogP) is 3.36. The molecule has 0 aromatic heterocycles. The van der Waals surface area contributed by atoms with Crippen molar-refractivity contribution in [2.45, 2.75) is 31.2 Å². The number of anilines is 1. The van der Waals surface area contributed by atoms with Crippen molar-refractivity contribution in [1.29, 1.82) is 0 Å². The number of hydrogen-bond donors (Lipinski definition) is 2. The molecule has 1 fully saturated rings. The molecule has 2 aliphatic rings. The monoisotopic (exact) mass is 418 g/mol. The fraction of sp³-hybridized carbons (Fsp3) is 0.409. The van der Waals surface area contributed by atoms with E-state index in [-0.39, 0.29) is 17.9 Å². The minimum Gasteiger partial charge on any atom is -0.454 e. The molecule has 0 saturated carbocycles. The normalized spacial score (nSPS) is 18.1. The third-order valence-electron chi connectivity index (χ3n) is 5.76. The zero-order valence-electron chi connectivity index (χ0n) is 16.7. The Hall–Kier alpha value is -2.71. The largest absolute Gasteiger partial charge is 0.454 e. The molecule has 30 heavy (non-hydrogen) atoms. The molecule has 160 valence electrons. The molecule has 2 aromatic rings. The Morgan fingerprint density at radius 3 is 2.67 bits per heavy atom. The van der Waals surface area contributed by atoms with Crippen molar-refractivity contribution < 1.29 is 27.8 Å². The fourth-order valence-electron chi connectivity index (χ4n) is 3.83. The Morgan fingerprint density at radius 1 is 1.10 bits per heavy atom. The Labute approximate surface area is 173 Å². The van der Waals surface area contributed by atoms with Gasteiger partial charge in [-0.3, -0.25) is 4.79 Å². The van der Waals surface area contributed by atoms with E-state index in [1.807, 2.05) is 18.2 Å². The molecule has 8 heteroatoms. The molecule has 2 aromatic carbocycles. The van der Waals surface area contributed by atoms with Gasteiger partial charge in [0.15, 0.2) is 11.5 Å². The molecule has 1 atom stereocenters. The summed E-state index contributed by atoms with van der Waals surface area (Å²) in [6.45, 7) is 3.66. The van der Waals surface area contributed by atoms with E-state index in [9.17, 15) is 13.6 Å². The summed E-state index contributed by atoms with van der Waals surface area (Å²) in [5.74, 6) is -0.300. The third kappa shape index (κ3) is 4.24. The lowest BCUT2D eigenvalue weighted by Crippen LogP contribution is -2.48. The molecule has 0 aliphatic carbocycles. The number of fused-ring (bicyclic) bond motifs is 1. The van der Waals surface area contributed by atoms with Gasteiger partial charge in [0.25, 0.3) is 0 Å². The van der Waals surface area contributed by atoms with Crippen LogP contribution in [0, 0.1) is 11.6 Å². The van der Waals surface area contributed by atoms with Crippen LogP contribution in [0.1, 0.15) is 25.3 Å². The van der Waals surface area contributed by atoms with Crippen LogP contribution in [-0.4, -0.2) is 38.5 Å². The predicted molar refractivity (Wildman–Crippen MR) is 107 cm³/mol. The SMILES string of the molecule is CC(NCC1(c2ccc3c(c2)OCO3)CCOCC1)C(=O)Nc1cc(F)ccc1F. The fourth-order valence-corrected chi connectivity index (χ4v) is 3.83. The molecule has 2 heterocycles. The molecule has 4 rings (SSSR count). The van der Waals surface area contributed by atoms with E-state index < -0.39 is 23.6 Å². The molecule has 2 N–H and O–H groups in total. The molecular weight excluding hydrogens is 394 g/mol. The van der Waals surface area contributed by atoms with Crippen molar-refractivity contribution in [3.05, 3.63) is 53.6 Å². The first kappa shape index (κ1) is 20.6. The van der Waals surface area contributed by atoms with Crippen LogP contribution >= 0.6 is 0 Å². The van der Waals surface area contributed by atoms with Gasteiger partial charge in [-0.15, -0.1) is 0 Å². The molecule has 6 nitrogen and oxygen atoms in total. The lowest BCUT2D eigenvalue weighted by molar-refractivity contribution is -0.117. The first-order valence-electron chi connectivity index (χ1n) is 9.94. The van der Waals surface area contributed by atoms with Crippen LogP contribution in [-0.2, 0) is 14.9 Å². The second kappa shape index (κ2) is 8.57. The van der Waals surface area contributed by atoms with E-state index >= 15 is 0 Å². The van der Waals surface area contributed by atoms with Crippen molar-refractivity contribution in [2.24, 2.45) is 0 Å². The van der Waals surface area contributed by atoms with Gasteiger partial charge < -0.3 is 24.8 Å². The summed E-state index contributed by atoms with van der Waals surface area (Å²) < 4.78 is 43.7. The van der Waals surface area contributed by atoms with Crippen LogP contribution < -0.4 is 20.1 Å². The minimum atomic E-state index is -0.682. The van der Waals surface area contributed by atoms with E-state index in [0.29, 0.717) is 25.5 Å². The summed E-state index contributed by atoms with van der Waals surface area (Å²) in [6.07, 6.45) is 1.57. The summed E-state index contributed by atoms with van der Waals surface area (Å²) in [7, 11) is 0. The second-order valence-corrected chi connectivity index (χ2v) is 7.68. The average molecular weight is 418 g/mol. The van der Waals surface area contributed by atoms with Crippen LogP contribution in [0.3, 0.4) is 0 Å². The summed E-state index contributed by atoms with van der Waals surface area (Å²) in [6, 6.07) is 8.26. The maximum atomic E-state index is 13.8. The van der Waals surface area contributed by atoms with Crippen LogP contribution in [0.5, 0.6) is 11.5 Å². The number of rotatable bonds is 6. The first-order chi connectivity index (χ1) is 14.5. The number of halogens is 2. The standard InChI is InChI=1S/C22H24F2N2O4/c1-14(21(27)26-18-11-16(23)3-4-17(18)24)25-12-22(6-8-28-9-7-22)15-2-5-19-20(10-15)30-13-29-19/h2-5,10-11,14,25H,6-9,12-13H2,1H3,(H,26,27). The Kier molecular flexibility index (Phi) is 5.87. The van der Waals surface area contributed by atoms with Crippen LogP contribution in [0.15, 0.2) is 36.4 Å². The highest BCUT2D eigenvalue weighted by atomic mass is 19.1. The number of carbonyl (C=O) groups excluding carboxylic acids is 1. The molecule has 2 aliphatic heterocycles. The van der Waals surface area contributed by atoms with Gasteiger partial charge in [-0.05, 0) is 49.6 Å². The van der Waals surface area contributed by atoms with Crippen molar-refractivity contribution in [3.63, 3.8) is 0 Å². The summed E-state index contributed by atoms with van der Waals surface area (Å²) >= 11 is 0. The van der Waals surface area contributed by atoms with Gasteiger partial charge >= 0.3 is 0 Å². The number of benzene rings is 2. The zero-order valence-corrected chi connectivity index (χ0v) is 16.7. The van der Waals surface area contributed by atoms with Crippen LogP contribution in [0.2, 0.25) is 0 Å². The highest BCUT2D eigenvalue weighted by Gasteiger charge is 2.36. The first-order valence-corrected chi connectivity index (χ1v) is 9.94. The van der Waals surface area contributed by atoms with Gasteiger partial charge in [0.2, 0.25) is 12.7 Å². The minimum absolute atomic E-state index is 0.176. The van der Waals surface area contributed by atoms with Crippen molar-refractivity contribution >= 4 is 11.6 Å². The Bertz CT molecular complexity index is 931. The summed E-state index contributed by atoms with van der Waals surface area (Å²) in [5.41, 5.74) is 0.675. The number of amides is 1. The van der Waals surface area contributed by atoms with Gasteiger partial charge in [-0.1, -0.05) is 6.07 Å². The second-order valence-electron chi connectivity index (χ2n) is 7.68. The maximum Gasteiger partial charge on any atom is 0.241 e. The van der Waals surface area contributed by atoms with Gasteiger partial charge in [-0.2, -0.15) is 0 Å². The zero-order chi connectivity index (χ0) is 21.1. The van der Waals surface area contributed by atoms with Crippen molar-refractivity contribution in [3.8, 4) is 11.5 Å². The maximum absolute atomic E-state index is 13.8. The number of carbonyl (C=O) groups is 1. The van der Waals surface area contributed by atoms with Crippen molar-refractivity contribution in [1.82, 2.24) is 5.32 Å². The van der Waals surface area contributed by atoms with Crippen LogP contribution in [0.4, 0.5) is 14.5 Å². The number of nitrogens with one attached hydrogen (secondary N) is 2. The topological polar surface area (TPSA) is 68.8 Å². The lowest BCUT2D eigenvalue weighted by atomic mass is 9.74. The Balaban J connectivity index is 1.46. The van der Waals surface area contributed by atoms with Gasteiger partial charge in [0.05, 0.1) is 11.7 Å². The van der Waals surface area contributed by atoms with Crippen molar-refractivity contribution in [2.75, 3.05) is 31.9 Å². The third-order valence-corrected chi connectivity index (χ3v) is 5.76. The Morgan fingerprint density at radius 2 is 1.87 bits per heavy atom. The number of hydrogen-bond acceptors (Lipinski definition) is 5. The molecule has 0 radical (unpaired) electrons. The lowest BCUT2D eigenvalue weighted by Gasteiger charge is -2.38. The quantitative estimate of drug-likeness (QED) is 0.753. The number of ether oxygens (including phenoxy) is 3. The highest BCUT2D eigenvalue weighted by molar-refractivity contribution is 5.94. The summed E-state index contributed by atoms with van der Waals surface area (Å²) in [4.78, 5) is 12.5. The smallest absolute Gasteiger partial charge is 0.241 e. The van der Waals surface area contributed by atoms with Gasteiger partial charge in [0.1, 0.15) is 11.6 Å². The molecule has 1 saturated heterocycles. The van der Waals surface area contributed by atoms with Crippen LogP contribution in [0.25, 0.3) is 0 Å². The van der Waals surface area contributed by atoms with E-state index in [1.54, 1.807) is 6.92 Å². The molecule has 1 unspecified atom stereocenters. The van der Waals surface area contributed by atoms with E-state index in [4.69, 9.17) is 14.2 Å². The van der Waals surface area contributed by atoms with E-state index in [0.717, 1.165) is 42.4 Å². The molecule has 0 bridgehead atoms. The molecule has 0 spiro atoms. The van der Waals surface area contributed by atoms with E-state index in [2.05, 4.69) is 10.6 Å². The van der Waals surface area contributed by atoms with E-state index in [1.165, 1.54) is 0 Å². The van der Waals surface area contributed by atoms with Gasteiger partial charge in [-0.25, -0.2) is 8.78 Å².